The summed E-state index contributed by atoms with van der Waals surface area (Å²) >= 11 is 0. The lowest BCUT2D eigenvalue weighted by atomic mass is 9.98. The van der Waals surface area contributed by atoms with E-state index in [4.69, 9.17) is 0 Å². The molecule has 0 saturated heterocycles. The van der Waals surface area contributed by atoms with Gasteiger partial charge >= 0.3 is 0 Å². The topological polar surface area (TPSA) is 47.8 Å². The highest BCUT2D eigenvalue weighted by Crippen LogP contribution is 2.27. The second-order valence-corrected chi connectivity index (χ2v) is 3.92. The molecule has 0 amide bonds. The van der Waals surface area contributed by atoms with Gasteiger partial charge in [-0.25, -0.2) is 0 Å². The van der Waals surface area contributed by atoms with Gasteiger partial charge in [0.1, 0.15) is 17.9 Å². The Hall–Kier alpha value is -1.19. The van der Waals surface area contributed by atoms with Gasteiger partial charge in [0.25, 0.3) is 0 Å². The fourth-order valence-electron chi connectivity index (χ4n) is 2.04. The zero-order chi connectivity index (χ0) is 9.97. The Balaban J connectivity index is 2.23. The molecule has 0 N–H and O–H groups in total. The van der Waals surface area contributed by atoms with Crippen LogP contribution in [-0.2, 0) is 11.8 Å². The number of aryl methyl sites for hydroxylation is 1. The molecule has 0 aliphatic heterocycles. The van der Waals surface area contributed by atoms with Gasteiger partial charge in [-0.2, -0.15) is 0 Å². The van der Waals surface area contributed by atoms with E-state index in [0.29, 0.717) is 12.2 Å². The Bertz CT molecular complexity index is 332. The zero-order valence-corrected chi connectivity index (χ0v) is 8.44. The fourth-order valence-corrected chi connectivity index (χ4v) is 2.04. The molecule has 1 heterocycles. The molecule has 0 bridgehead atoms. The maximum Gasteiger partial charge on any atom is 0.143 e. The van der Waals surface area contributed by atoms with Crippen LogP contribution in [0.1, 0.15) is 43.8 Å². The molecule has 14 heavy (non-hydrogen) atoms. The minimum atomic E-state index is -0.00926. The third kappa shape index (κ3) is 1.69. The first-order chi connectivity index (χ1) is 6.79. The van der Waals surface area contributed by atoms with Crippen LogP contribution in [0.5, 0.6) is 0 Å². The van der Waals surface area contributed by atoms with Crippen LogP contribution in [-0.4, -0.2) is 20.5 Å². The van der Waals surface area contributed by atoms with Crippen LogP contribution in [0, 0.1) is 0 Å². The van der Waals surface area contributed by atoms with E-state index in [9.17, 15) is 4.79 Å². The summed E-state index contributed by atoms with van der Waals surface area (Å²) in [6, 6.07) is 0. The van der Waals surface area contributed by atoms with Gasteiger partial charge in [-0.15, -0.1) is 10.2 Å². The first kappa shape index (κ1) is 9.37. The van der Waals surface area contributed by atoms with Crippen molar-refractivity contribution in [3.05, 3.63) is 12.2 Å². The molecule has 1 unspecified atom stereocenters. The van der Waals surface area contributed by atoms with Gasteiger partial charge < -0.3 is 4.57 Å². The van der Waals surface area contributed by atoms with E-state index in [1.165, 1.54) is 6.42 Å². The number of nitrogens with zero attached hydrogens (tertiary/aromatic N) is 3. The molecule has 0 radical (unpaired) electrons. The highest BCUT2D eigenvalue weighted by molar-refractivity contribution is 5.85. The standard InChI is InChI=1S/C10H15N3O/c1-13-7-11-12-10(13)8-5-3-2-4-6-9(8)14/h7-8H,2-6H2,1H3. The van der Waals surface area contributed by atoms with Crippen molar-refractivity contribution >= 4 is 5.78 Å². The molecule has 1 aliphatic rings. The molecular weight excluding hydrogens is 178 g/mol. The Morgan fingerprint density at radius 3 is 3.00 bits per heavy atom. The molecule has 0 spiro atoms. The number of hydrogen-bond acceptors (Lipinski definition) is 3. The molecule has 1 atom stereocenters. The smallest absolute Gasteiger partial charge is 0.143 e. The van der Waals surface area contributed by atoms with E-state index < -0.39 is 0 Å². The molecule has 2 rings (SSSR count). The highest BCUT2D eigenvalue weighted by atomic mass is 16.1. The lowest BCUT2D eigenvalue weighted by molar-refractivity contribution is -0.120. The summed E-state index contributed by atoms with van der Waals surface area (Å²) < 4.78 is 1.86. The van der Waals surface area contributed by atoms with E-state index in [-0.39, 0.29) is 5.92 Å². The Morgan fingerprint density at radius 1 is 1.43 bits per heavy atom. The van der Waals surface area contributed by atoms with Crippen LogP contribution in [0.2, 0.25) is 0 Å². The summed E-state index contributed by atoms with van der Waals surface area (Å²) in [5.41, 5.74) is 0. The number of carbonyl (C=O) groups excluding carboxylic acids is 1. The van der Waals surface area contributed by atoms with Crippen LogP contribution in [0.15, 0.2) is 6.33 Å². The molecule has 76 valence electrons. The summed E-state index contributed by atoms with van der Waals surface area (Å²) in [6.45, 7) is 0. The summed E-state index contributed by atoms with van der Waals surface area (Å²) in [4.78, 5) is 11.8. The maximum absolute atomic E-state index is 11.8. The predicted molar refractivity (Wildman–Crippen MR) is 51.8 cm³/mol. The molecule has 4 nitrogen and oxygen atoms in total. The van der Waals surface area contributed by atoms with Crippen molar-refractivity contribution in [2.45, 2.75) is 38.0 Å². The Labute approximate surface area is 83.3 Å². The average molecular weight is 193 g/mol. The Kier molecular flexibility index (Phi) is 2.61. The van der Waals surface area contributed by atoms with Crippen molar-refractivity contribution in [3.63, 3.8) is 0 Å². The van der Waals surface area contributed by atoms with Gasteiger partial charge in [-0.1, -0.05) is 12.8 Å². The van der Waals surface area contributed by atoms with Crippen molar-refractivity contribution in [1.82, 2.24) is 14.8 Å². The summed E-state index contributed by atoms with van der Waals surface area (Å²) in [5.74, 6) is 1.15. The quantitative estimate of drug-likeness (QED) is 0.634. The number of aromatic nitrogens is 3. The van der Waals surface area contributed by atoms with Gasteiger partial charge in [0.05, 0.1) is 5.92 Å². The summed E-state index contributed by atoms with van der Waals surface area (Å²) in [6.07, 6.45) is 6.63. The van der Waals surface area contributed by atoms with E-state index in [1.54, 1.807) is 6.33 Å². The molecule has 0 aromatic carbocycles. The number of carbonyl (C=O) groups is 1. The first-order valence-corrected chi connectivity index (χ1v) is 5.15. The second kappa shape index (κ2) is 3.90. The molecule has 4 heteroatoms. The minimum absolute atomic E-state index is 0.00926. The molecule has 1 saturated carbocycles. The molecule has 1 fully saturated rings. The van der Waals surface area contributed by atoms with Crippen molar-refractivity contribution in [2.24, 2.45) is 7.05 Å². The number of Topliss-reactive ketones (excluding diaryl/α,β-unsaturated/α-hetero) is 1. The SMILES string of the molecule is Cn1cnnc1C1CCCCCC1=O. The normalized spacial score (nSPS) is 23.5. The minimum Gasteiger partial charge on any atom is -0.320 e. The summed E-state index contributed by atoms with van der Waals surface area (Å²) in [7, 11) is 1.90. The van der Waals surface area contributed by atoms with E-state index in [2.05, 4.69) is 10.2 Å². The van der Waals surface area contributed by atoms with E-state index >= 15 is 0 Å². The van der Waals surface area contributed by atoms with Crippen molar-refractivity contribution in [2.75, 3.05) is 0 Å². The second-order valence-electron chi connectivity index (χ2n) is 3.92. The molecule has 1 aromatic rings. The maximum atomic E-state index is 11.8. The number of rotatable bonds is 1. The van der Waals surface area contributed by atoms with Crippen LogP contribution in [0.25, 0.3) is 0 Å². The van der Waals surface area contributed by atoms with Gasteiger partial charge in [0.2, 0.25) is 0 Å². The van der Waals surface area contributed by atoms with Gasteiger partial charge in [-0.05, 0) is 12.8 Å². The number of hydrogen-bond donors (Lipinski definition) is 0. The van der Waals surface area contributed by atoms with E-state index in [1.807, 2.05) is 11.6 Å². The molecular formula is C10H15N3O. The lowest BCUT2D eigenvalue weighted by Crippen LogP contribution is -2.14. The monoisotopic (exact) mass is 193 g/mol. The average Bonchev–Trinajstić information content (AvgIpc) is 2.46. The molecule has 1 aliphatic carbocycles. The van der Waals surface area contributed by atoms with Crippen molar-refractivity contribution < 1.29 is 4.79 Å². The highest BCUT2D eigenvalue weighted by Gasteiger charge is 2.25. The van der Waals surface area contributed by atoms with Crippen molar-refractivity contribution in [1.29, 1.82) is 0 Å². The largest absolute Gasteiger partial charge is 0.320 e. The van der Waals surface area contributed by atoms with Crippen LogP contribution >= 0.6 is 0 Å². The van der Waals surface area contributed by atoms with Crippen molar-refractivity contribution in [3.8, 4) is 0 Å². The predicted octanol–water partition coefficient (Wildman–Crippen LogP) is 1.43. The zero-order valence-electron chi connectivity index (χ0n) is 8.44. The van der Waals surface area contributed by atoms with Crippen LogP contribution in [0.4, 0.5) is 0 Å². The third-order valence-electron chi connectivity index (χ3n) is 2.86. The first-order valence-electron chi connectivity index (χ1n) is 5.15. The Morgan fingerprint density at radius 2 is 2.29 bits per heavy atom. The van der Waals surface area contributed by atoms with Crippen LogP contribution < -0.4 is 0 Å². The van der Waals surface area contributed by atoms with Gasteiger partial charge in [0, 0.05) is 13.5 Å². The summed E-state index contributed by atoms with van der Waals surface area (Å²) in [5, 5.41) is 7.85. The fraction of sp³-hybridized carbons (Fsp3) is 0.700. The van der Waals surface area contributed by atoms with E-state index in [0.717, 1.165) is 25.1 Å². The third-order valence-corrected chi connectivity index (χ3v) is 2.86. The number of ketones is 1. The van der Waals surface area contributed by atoms with Crippen LogP contribution in [0.3, 0.4) is 0 Å². The van der Waals surface area contributed by atoms with Gasteiger partial charge in [-0.3, -0.25) is 4.79 Å². The lowest BCUT2D eigenvalue weighted by Gasteiger charge is -2.10. The molecule has 1 aromatic heterocycles. The van der Waals surface area contributed by atoms with Gasteiger partial charge in [0.15, 0.2) is 0 Å².